The van der Waals surface area contributed by atoms with E-state index in [1.807, 2.05) is 0 Å². The van der Waals surface area contributed by atoms with Gasteiger partial charge in [-0.1, -0.05) is 12.1 Å². The monoisotopic (exact) mass is 348 g/mol. The molecule has 3 rings (SSSR count). The van der Waals surface area contributed by atoms with Crippen LogP contribution in [0.15, 0.2) is 59.5 Å². The maximum absolute atomic E-state index is 12.3. The molecular weight excluding hydrogens is 337 g/mol. The fraction of sp³-hybridized carbons (Fsp3) is 0.0588. The third-order valence-corrected chi connectivity index (χ3v) is 3.52. The molecule has 25 heavy (non-hydrogen) atoms. The van der Waals surface area contributed by atoms with E-state index in [1.165, 1.54) is 22.9 Å². The van der Waals surface area contributed by atoms with Gasteiger partial charge in [-0.15, -0.1) is 13.2 Å². The van der Waals surface area contributed by atoms with Gasteiger partial charge in [0.2, 0.25) is 5.43 Å². The SMILES string of the molecule is NC(=O)c1cn(-c2ccc(OC(F)(F)F)cc2)c2ccccc2c1=O. The number of pyridine rings is 1. The van der Waals surface area contributed by atoms with Gasteiger partial charge in [0.1, 0.15) is 11.3 Å². The lowest BCUT2D eigenvalue weighted by molar-refractivity contribution is -0.274. The van der Waals surface area contributed by atoms with Gasteiger partial charge < -0.3 is 15.0 Å². The summed E-state index contributed by atoms with van der Waals surface area (Å²) in [4.78, 5) is 23.8. The molecule has 0 atom stereocenters. The van der Waals surface area contributed by atoms with Crippen LogP contribution < -0.4 is 15.9 Å². The topological polar surface area (TPSA) is 74.3 Å². The number of para-hydroxylation sites is 1. The minimum atomic E-state index is -4.79. The van der Waals surface area contributed by atoms with E-state index in [9.17, 15) is 22.8 Å². The van der Waals surface area contributed by atoms with Crippen molar-refractivity contribution >= 4 is 16.8 Å². The Morgan fingerprint density at radius 3 is 2.28 bits per heavy atom. The molecule has 0 aliphatic carbocycles. The van der Waals surface area contributed by atoms with E-state index in [-0.39, 0.29) is 16.7 Å². The molecule has 0 unspecified atom stereocenters. The Morgan fingerprint density at radius 1 is 1.04 bits per heavy atom. The Kier molecular flexibility index (Phi) is 3.96. The smallest absolute Gasteiger partial charge is 0.406 e. The Balaban J connectivity index is 2.17. The van der Waals surface area contributed by atoms with Gasteiger partial charge in [-0.3, -0.25) is 9.59 Å². The number of hydrogen-bond acceptors (Lipinski definition) is 3. The van der Waals surface area contributed by atoms with Crippen LogP contribution in [0.2, 0.25) is 0 Å². The predicted molar refractivity (Wildman–Crippen MR) is 84.7 cm³/mol. The molecule has 0 saturated carbocycles. The van der Waals surface area contributed by atoms with Gasteiger partial charge >= 0.3 is 6.36 Å². The summed E-state index contributed by atoms with van der Waals surface area (Å²) in [5.41, 5.74) is 5.46. The highest BCUT2D eigenvalue weighted by Crippen LogP contribution is 2.25. The summed E-state index contributed by atoms with van der Waals surface area (Å²) >= 11 is 0. The first-order valence-corrected chi connectivity index (χ1v) is 7.06. The fourth-order valence-corrected chi connectivity index (χ4v) is 2.48. The number of hydrogen-bond donors (Lipinski definition) is 1. The van der Waals surface area contributed by atoms with E-state index in [2.05, 4.69) is 4.74 Å². The number of aromatic nitrogens is 1. The maximum Gasteiger partial charge on any atom is 0.573 e. The molecule has 3 aromatic rings. The first-order chi connectivity index (χ1) is 11.8. The van der Waals surface area contributed by atoms with Crippen LogP contribution in [0.1, 0.15) is 10.4 Å². The van der Waals surface area contributed by atoms with Crippen molar-refractivity contribution in [2.45, 2.75) is 6.36 Å². The molecule has 5 nitrogen and oxygen atoms in total. The van der Waals surface area contributed by atoms with Crippen LogP contribution in [-0.4, -0.2) is 16.8 Å². The minimum absolute atomic E-state index is 0.214. The summed E-state index contributed by atoms with van der Waals surface area (Å²) in [6.07, 6.45) is -3.52. The van der Waals surface area contributed by atoms with Gasteiger partial charge in [-0.25, -0.2) is 0 Å². The molecular formula is C17H11F3N2O3. The first-order valence-electron chi connectivity index (χ1n) is 7.06. The molecule has 1 amide bonds. The first kappa shape index (κ1) is 16.6. The molecule has 128 valence electrons. The second-order valence-corrected chi connectivity index (χ2v) is 5.17. The summed E-state index contributed by atoms with van der Waals surface area (Å²) in [6, 6.07) is 11.6. The van der Waals surface area contributed by atoms with Gasteiger partial charge in [0, 0.05) is 17.3 Å². The average Bonchev–Trinajstić information content (AvgIpc) is 2.55. The summed E-state index contributed by atoms with van der Waals surface area (Å²) in [6.45, 7) is 0. The zero-order valence-electron chi connectivity index (χ0n) is 12.6. The molecule has 0 spiro atoms. The molecule has 0 saturated heterocycles. The van der Waals surface area contributed by atoms with E-state index in [0.29, 0.717) is 11.2 Å². The zero-order chi connectivity index (χ0) is 18.2. The Hall–Kier alpha value is -3.29. The number of alkyl halides is 3. The number of nitrogens with zero attached hydrogens (tertiary/aromatic N) is 1. The number of fused-ring (bicyclic) bond motifs is 1. The van der Waals surface area contributed by atoms with Crippen LogP contribution in [0.3, 0.4) is 0 Å². The summed E-state index contributed by atoms with van der Waals surface area (Å²) < 4.78 is 42.1. The van der Waals surface area contributed by atoms with Crippen LogP contribution in [-0.2, 0) is 0 Å². The van der Waals surface area contributed by atoms with Gasteiger partial charge in [0.25, 0.3) is 5.91 Å². The highest BCUT2D eigenvalue weighted by Gasteiger charge is 2.31. The lowest BCUT2D eigenvalue weighted by atomic mass is 10.1. The molecule has 2 N–H and O–H groups in total. The highest BCUT2D eigenvalue weighted by atomic mass is 19.4. The molecule has 0 bridgehead atoms. The van der Waals surface area contributed by atoms with Crippen molar-refractivity contribution in [1.29, 1.82) is 0 Å². The molecule has 8 heteroatoms. The van der Waals surface area contributed by atoms with Gasteiger partial charge in [0.15, 0.2) is 0 Å². The molecule has 0 aliphatic rings. The molecule has 0 radical (unpaired) electrons. The second kappa shape index (κ2) is 5.97. The van der Waals surface area contributed by atoms with Gasteiger partial charge in [-0.2, -0.15) is 0 Å². The van der Waals surface area contributed by atoms with E-state index in [0.717, 1.165) is 12.1 Å². The number of rotatable bonds is 3. The number of carbonyl (C=O) groups excluding carboxylic acids is 1. The molecule has 1 heterocycles. The number of benzene rings is 2. The number of amides is 1. The third-order valence-electron chi connectivity index (χ3n) is 3.52. The largest absolute Gasteiger partial charge is 0.573 e. The zero-order valence-corrected chi connectivity index (χ0v) is 12.6. The van der Waals surface area contributed by atoms with Gasteiger partial charge in [0.05, 0.1) is 5.52 Å². The van der Waals surface area contributed by atoms with Crippen LogP contribution in [0, 0.1) is 0 Å². The number of nitrogens with two attached hydrogens (primary N) is 1. The minimum Gasteiger partial charge on any atom is -0.406 e. The number of primary amides is 1. The molecule has 0 fully saturated rings. The summed E-state index contributed by atoms with van der Waals surface area (Å²) in [7, 11) is 0. The standard InChI is InChI=1S/C17H11F3N2O3/c18-17(19,20)25-11-7-5-10(6-8-11)22-9-13(16(21)24)15(23)12-3-1-2-4-14(12)22/h1-9H,(H2,21,24). The van der Waals surface area contributed by atoms with Crippen molar-refractivity contribution in [3.8, 4) is 11.4 Å². The average molecular weight is 348 g/mol. The lowest BCUT2D eigenvalue weighted by Gasteiger charge is -2.14. The molecule has 1 aromatic heterocycles. The Morgan fingerprint density at radius 2 is 1.68 bits per heavy atom. The number of carbonyl (C=O) groups is 1. The van der Waals surface area contributed by atoms with E-state index in [1.54, 1.807) is 24.3 Å². The quantitative estimate of drug-likeness (QED) is 0.791. The van der Waals surface area contributed by atoms with Crippen molar-refractivity contribution in [3.05, 3.63) is 70.5 Å². The summed E-state index contributed by atoms with van der Waals surface area (Å²) in [5, 5.41) is 0.273. The molecule has 2 aromatic carbocycles. The predicted octanol–water partition coefficient (Wildman–Crippen LogP) is 2.99. The summed E-state index contributed by atoms with van der Waals surface area (Å²) in [5.74, 6) is -1.27. The van der Waals surface area contributed by atoms with E-state index >= 15 is 0 Å². The third kappa shape index (κ3) is 3.32. The van der Waals surface area contributed by atoms with E-state index < -0.39 is 17.7 Å². The van der Waals surface area contributed by atoms with Crippen molar-refractivity contribution in [2.24, 2.45) is 5.73 Å². The van der Waals surface area contributed by atoms with Crippen molar-refractivity contribution in [1.82, 2.24) is 4.57 Å². The van der Waals surface area contributed by atoms with Crippen molar-refractivity contribution in [3.63, 3.8) is 0 Å². The highest BCUT2D eigenvalue weighted by molar-refractivity contribution is 5.96. The van der Waals surface area contributed by atoms with Crippen LogP contribution in [0.5, 0.6) is 5.75 Å². The lowest BCUT2D eigenvalue weighted by Crippen LogP contribution is -2.23. The van der Waals surface area contributed by atoms with Crippen molar-refractivity contribution in [2.75, 3.05) is 0 Å². The normalized spacial score (nSPS) is 11.5. The Bertz CT molecular complexity index is 1010. The number of ether oxygens (including phenoxy) is 1. The van der Waals surface area contributed by atoms with Crippen LogP contribution in [0.4, 0.5) is 13.2 Å². The van der Waals surface area contributed by atoms with Crippen LogP contribution >= 0.6 is 0 Å². The molecule has 0 aliphatic heterocycles. The second-order valence-electron chi connectivity index (χ2n) is 5.17. The van der Waals surface area contributed by atoms with Crippen molar-refractivity contribution < 1.29 is 22.7 Å². The van der Waals surface area contributed by atoms with E-state index in [4.69, 9.17) is 5.73 Å². The Labute approximate surface area is 139 Å². The van der Waals surface area contributed by atoms with Gasteiger partial charge in [-0.05, 0) is 36.4 Å². The maximum atomic E-state index is 12.3. The number of halogens is 3. The van der Waals surface area contributed by atoms with Crippen LogP contribution in [0.25, 0.3) is 16.6 Å². The fourth-order valence-electron chi connectivity index (χ4n) is 2.48.